The van der Waals surface area contributed by atoms with Gasteiger partial charge >= 0.3 is 0 Å². The second kappa shape index (κ2) is 7.85. The second-order valence-electron chi connectivity index (χ2n) is 5.51. The molecule has 1 heterocycles. The Labute approximate surface area is 137 Å². The molecule has 0 aromatic heterocycles. The molecule has 1 aromatic rings. The molecule has 8 heteroatoms. The highest BCUT2D eigenvalue weighted by molar-refractivity contribution is 7.85. The Morgan fingerprint density at radius 1 is 1.09 bits per heavy atom. The number of benzene rings is 1. The lowest BCUT2D eigenvalue weighted by Gasteiger charge is -2.36. The molecule has 1 aliphatic heterocycles. The molecule has 1 N–H and O–H groups in total. The molecule has 0 unspecified atom stereocenters. The van der Waals surface area contributed by atoms with Gasteiger partial charge in [0.1, 0.15) is 0 Å². The lowest BCUT2D eigenvalue weighted by Crippen LogP contribution is -2.46. The Balaban J connectivity index is 1.87. The van der Waals surface area contributed by atoms with Crippen LogP contribution in [0.4, 0.5) is 5.69 Å². The van der Waals surface area contributed by atoms with Crippen molar-refractivity contribution in [3.8, 4) is 11.5 Å². The molecule has 0 atom stereocenters. The molecule has 7 nitrogen and oxygen atoms in total. The summed E-state index contributed by atoms with van der Waals surface area (Å²) >= 11 is 0. The summed E-state index contributed by atoms with van der Waals surface area (Å²) in [5.41, 5.74) is 1.08. The molecule has 0 amide bonds. The van der Waals surface area contributed by atoms with Crippen LogP contribution < -0.4 is 14.4 Å². The third-order valence-corrected chi connectivity index (χ3v) is 4.79. The fourth-order valence-corrected chi connectivity index (χ4v) is 3.22. The maximum Gasteiger partial charge on any atom is 0.264 e. The summed E-state index contributed by atoms with van der Waals surface area (Å²) in [4.78, 5) is 4.48. The highest BCUT2D eigenvalue weighted by atomic mass is 32.2. The molecule has 2 rings (SSSR count). The molecule has 1 aliphatic rings. The molecule has 1 aromatic carbocycles. The summed E-state index contributed by atoms with van der Waals surface area (Å²) in [6.07, 6.45) is 0.454. The molecular formula is C15H24N2O5S. The SMILES string of the molecule is COc1ccc(N2CCN(CCCS(=O)(=O)O)CC2)cc1OC. The minimum absolute atomic E-state index is 0.178. The average Bonchev–Trinajstić information content (AvgIpc) is 2.53. The van der Waals surface area contributed by atoms with Crippen molar-refractivity contribution in [3.05, 3.63) is 18.2 Å². The van der Waals surface area contributed by atoms with E-state index < -0.39 is 10.1 Å². The smallest absolute Gasteiger partial charge is 0.264 e. The third-order valence-electron chi connectivity index (χ3n) is 3.98. The van der Waals surface area contributed by atoms with Crippen LogP contribution in [0.25, 0.3) is 0 Å². The Bertz CT molecular complexity index is 612. The van der Waals surface area contributed by atoms with Gasteiger partial charge in [0, 0.05) is 37.9 Å². The first kappa shape index (κ1) is 17.8. The largest absolute Gasteiger partial charge is 0.493 e. The summed E-state index contributed by atoms with van der Waals surface area (Å²) in [5.74, 6) is 1.24. The maximum absolute atomic E-state index is 10.7. The number of nitrogens with zero attached hydrogens (tertiary/aromatic N) is 2. The van der Waals surface area contributed by atoms with Gasteiger partial charge in [0.2, 0.25) is 0 Å². The van der Waals surface area contributed by atoms with Gasteiger partial charge in [0.15, 0.2) is 11.5 Å². The van der Waals surface area contributed by atoms with Crippen LogP contribution in [0.5, 0.6) is 11.5 Å². The van der Waals surface area contributed by atoms with Crippen molar-refractivity contribution in [1.82, 2.24) is 4.90 Å². The van der Waals surface area contributed by atoms with Crippen molar-refractivity contribution in [1.29, 1.82) is 0 Å². The maximum atomic E-state index is 10.7. The minimum Gasteiger partial charge on any atom is -0.493 e. The van der Waals surface area contributed by atoms with E-state index in [1.165, 1.54) is 0 Å². The standard InChI is InChI=1S/C15H24N2O5S/c1-21-14-5-4-13(12-15(14)22-2)17-9-7-16(8-10-17)6-3-11-23(18,19)20/h4-5,12H,3,6-11H2,1-2H3,(H,18,19,20). The number of hydrogen-bond acceptors (Lipinski definition) is 6. The zero-order valence-electron chi connectivity index (χ0n) is 13.6. The number of ether oxygens (including phenoxy) is 2. The van der Waals surface area contributed by atoms with Crippen molar-refractivity contribution in [2.24, 2.45) is 0 Å². The highest BCUT2D eigenvalue weighted by Gasteiger charge is 2.18. The van der Waals surface area contributed by atoms with Crippen LogP contribution in [0, 0.1) is 0 Å². The third kappa shape index (κ3) is 5.26. The lowest BCUT2D eigenvalue weighted by molar-refractivity contribution is 0.258. The second-order valence-corrected chi connectivity index (χ2v) is 7.08. The number of piperazine rings is 1. The number of anilines is 1. The summed E-state index contributed by atoms with van der Waals surface area (Å²) in [7, 11) is -0.622. The highest BCUT2D eigenvalue weighted by Crippen LogP contribution is 2.31. The Kier molecular flexibility index (Phi) is 6.09. The van der Waals surface area contributed by atoms with Gasteiger partial charge in [-0.3, -0.25) is 9.45 Å². The molecule has 0 aliphatic carbocycles. The monoisotopic (exact) mass is 344 g/mol. The summed E-state index contributed by atoms with van der Waals surface area (Å²) < 4.78 is 40.8. The van der Waals surface area contributed by atoms with Gasteiger partial charge in [-0.1, -0.05) is 0 Å². The van der Waals surface area contributed by atoms with E-state index in [9.17, 15) is 8.42 Å². The summed E-state index contributed by atoms with van der Waals surface area (Å²) in [6.45, 7) is 4.13. The van der Waals surface area contributed by atoms with Gasteiger partial charge in [0.25, 0.3) is 10.1 Å². The van der Waals surface area contributed by atoms with E-state index in [0.717, 1.165) is 31.9 Å². The first-order chi connectivity index (χ1) is 10.9. The van der Waals surface area contributed by atoms with Gasteiger partial charge in [-0.15, -0.1) is 0 Å². The van der Waals surface area contributed by atoms with E-state index in [2.05, 4.69) is 9.80 Å². The molecule has 0 radical (unpaired) electrons. The zero-order valence-corrected chi connectivity index (χ0v) is 14.4. The van der Waals surface area contributed by atoms with Crippen LogP contribution in [0.3, 0.4) is 0 Å². The van der Waals surface area contributed by atoms with E-state index in [4.69, 9.17) is 14.0 Å². The Morgan fingerprint density at radius 2 is 1.74 bits per heavy atom. The van der Waals surface area contributed by atoms with Crippen LogP contribution in [-0.4, -0.2) is 70.6 Å². The predicted molar refractivity (Wildman–Crippen MR) is 89.2 cm³/mol. The van der Waals surface area contributed by atoms with Gasteiger partial charge < -0.3 is 14.4 Å². The fourth-order valence-electron chi connectivity index (χ4n) is 2.72. The van der Waals surface area contributed by atoms with Gasteiger partial charge in [-0.2, -0.15) is 8.42 Å². The van der Waals surface area contributed by atoms with Crippen LogP contribution in [0.1, 0.15) is 6.42 Å². The molecule has 130 valence electrons. The fraction of sp³-hybridized carbons (Fsp3) is 0.600. The van der Waals surface area contributed by atoms with Gasteiger partial charge in [0.05, 0.1) is 20.0 Å². The molecule has 0 spiro atoms. The average molecular weight is 344 g/mol. The van der Waals surface area contributed by atoms with E-state index >= 15 is 0 Å². The van der Waals surface area contributed by atoms with Crippen LogP contribution in [0.2, 0.25) is 0 Å². The van der Waals surface area contributed by atoms with Crippen molar-refractivity contribution >= 4 is 15.8 Å². The van der Waals surface area contributed by atoms with Crippen molar-refractivity contribution in [2.45, 2.75) is 6.42 Å². The molecule has 23 heavy (non-hydrogen) atoms. The van der Waals surface area contributed by atoms with E-state index in [1.807, 2.05) is 18.2 Å². The van der Waals surface area contributed by atoms with Crippen molar-refractivity contribution in [3.63, 3.8) is 0 Å². The predicted octanol–water partition coefficient (Wildman–Crippen LogP) is 1.10. The normalized spacial score (nSPS) is 16.4. The van der Waals surface area contributed by atoms with Gasteiger partial charge in [-0.25, -0.2) is 0 Å². The van der Waals surface area contributed by atoms with E-state index in [-0.39, 0.29) is 5.75 Å². The Morgan fingerprint density at radius 3 is 2.30 bits per heavy atom. The van der Waals surface area contributed by atoms with Crippen molar-refractivity contribution in [2.75, 3.05) is 57.6 Å². The summed E-state index contributed by atoms with van der Waals surface area (Å²) in [5, 5.41) is 0. The molecule has 0 bridgehead atoms. The van der Waals surface area contributed by atoms with Gasteiger partial charge in [-0.05, 0) is 25.1 Å². The van der Waals surface area contributed by atoms with E-state index in [0.29, 0.717) is 24.5 Å². The number of rotatable bonds is 7. The molecule has 1 fully saturated rings. The molecule has 1 saturated heterocycles. The first-order valence-corrected chi connectivity index (χ1v) is 9.18. The van der Waals surface area contributed by atoms with Crippen LogP contribution >= 0.6 is 0 Å². The van der Waals surface area contributed by atoms with Crippen molar-refractivity contribution < 1.29 is 22.4 Å². The molecule has 0 saturated carbocycles. The summed E-state index contributed by atoms with van der Waals surface area (Å²) in [6, 6.07) is 5.87. The minimum atomic E-state index is -3.86. The first-order valence-electron chi connectivity index (χ1n) is 7.57. The van der Waals surface area contributed by atoms with Crippen LogP contribution in [-0.2, 0) is 10.1 Å². The number of hydrogen-bond donors (Lipinski definition) is 1. The van der Waals surface area contributed by atoms with E-state index in [1.54, 1.807) is 14.2 Å². The lowest BCUT2D eigenvalue weighted by atomic mass is 10.2. The zero-order chi connectivity index (χ0) is 16.9. The Hall–Kier alpha value is -1.51. The quantitative estimate of drug-likeness (QED) is 0.742. The molecular weight excluding hydrogens is 320 g/mol. The van der Waals surface area contributed by atoms with Crippen LogP contribution in [0.15, 0.2) is 18.2 Å². The topological polar surface area (TPSA) is 79.3 Å². The number of methoxy groups -OCH3 is 2.